The standard InChI is InChI=1S/C11H15NO3S/c1-12-7-10-6-8-5-9(15-2)3-4-11(8)16(10,13)14/h3-5,10,12H,6-7H2,1-2H3. The van der Waals surface area contributed by atoms with E-state index in [1.54, 1.807) is 26.3 Å². The second-order valence-corrected chi connectivity index (χ2v) is 6.10. The molecule has 2 rings (SSSR count). The first-order chi connectivity index (χ1) is 7.59. The first kappa shape index (κ1) is 11.4. The lowest BCUT2D eigenvalue weighted by molar-refractivity contribution is 0.414. The molecule has 1 aliphatic heterocycles. The number of ether oxygens (including phenoxy) is 1. The predicted octanol–water partition coefficient (Wildman–Crippen LogP) is 0.613. The van der Waals surface area contributed by atoms with Crippen molar-refractivity contribution in [2.45, 2.75) is 16.6 Å². The van der Waals surface area contributed by atoms with E-state index in [1.165, 1.54) is 0 Å². The Labute approximate surface area is 95.5 Å². The summed E-state index contributed by atoms with van der Waals surface area (Å²) in [4.78, 5) is 0.452. The highest BCUT2D eigenvalue weighted by atomic mass is 32.2. The summed E-state index contributed by atoms with van der Waals surface area (Å²) in [7, 11) is 0.191. The Kier molecular flexibility index (Phi) is 2.90. The van der Waals surface area contributed by atoms with Gasteiger partial charge in [-0.1, -0.05) is 0 Å². The van der Waals surface area contributed by atoms with Gasteiger partial charge >= 0.3 is 0 Å². The Hall–Kier alpha value is -1.07. The normalized spacial score (nSPS) is 21.8. The number of rotatable bonds is 3. The second kappa shape index (κ2) is 4.07. The summed E-state index contributed by atoms with van der Waals surface area (Å²) >= 11 is 0. The quantitative estimate of drug-likeness (QED) is 0.842. The van der Waals surface area contributed by atoms with Crippen LogP contribution in [0.15, 0.2) is 23.1 Å². The average Bonchev–Trinajstić information content (AvgIpc) is 2.51. The maximum atomic E-state index is 12.1. The molecule has 0 aromatic heterocycles. The van der Waals surface area contributed by atoms with Crippen LogP contribution in [0, 0.1) is 0 Å². The molecule has 0 aliphatic carbocycles. The minimum atomic E-state index is -3.15. The van der Waals surface area contributed by atoms with Gasteiger partial charge < -0.3 is 10.1 Å². The van der Waals surface area contributed by atoms with Crippen LogP contribution in [0.5, 0.6) is 5.75 Å². The summed E-state index contributed by atoms with van der Waals surface area (Å²) in [6, 6.07) is 5.14. The Morgan fingerprint density at radius 2 is 2.25 bits per heavy atom. The average molecular weight is 241 g/mol. The predicted molar refractivity (Wildman–Crippen MR) is 61.6 cm³/mol. The van der Waals surface area contributed by atoms with Crippen LogP contribution < -0.4 is 10.1 Å². The number of nitrogens with one attached hydrogen (secondary N) is 1. The van der Waals surface area contributed by atoms with Crippen molar-refractivity contribution in [3.63, 3.8) is 0 Å². The molecule has 1 N–H and O–H groups in total. The molecule has 0 amide bonds. The van der Waals surface area contributed by atoms with Gasteiger partial charge in [-0.25, -0.2) is 8.42 Å². The smallest absolute Gasteiger partial charge is 0.183 e. The molecule has 5 heteroatoms. The zero-order valence-electron chi connectivity index (χ0n) is 9.36. The highest BCUT2D eigenvalue weighted by molar-refractivity contribution is 7.92. The van der Waals surface area contributed by atoms with E-state index < -0.39 is 9.84 Å². The van der Waals surface area contributed by atoms with E-state index in [0.29, 0.717) is 23.6 Å². The molecule has 16 heavy (non-hydrogen) atoms. The monoisotopic (exact) mass is 241 g/mol. The SMILES string of the molecule is CNCC1Cc2cc(OC)ccc2S1(=O)=O. The van der Waals surface area contributed by atoms with Crippen LogP contribution in [0.1, 0.15) is 5.56 Å². The molecule has 1 aromatic carbocycles. The van der Waals surface area contributed by atoms with E-state index in [2.05, 4.69) is 5.32 Å². The molecular formula is C11H15NO3S. The third-order valence-electron chi connectivity index (χ3n) is 2.89. The molecule has 1 aromatic rings. The summed E-state index contributed by atoms with van der Waals surface area (Å²) in [5.41, 5.74) is 0.861. The minimum Gasteiger partial charge on any atom is -0.497 e. The van der Waals surface area contributed by atoms with Crippen molar-refractivity contribution in [3.8, 4) is 5.75 Å². The van der Waals surface area contributed by atoms with E-state index >= 15 is 0 Å². The number of methoxy groups -OCH3 is 1. The summed E-state index contributed by atoms with van der Waals surface area (Å²) in [5, 5.41) is 2.57. The molecule has 0 saturated carbocycles. The number of fused-ring (bicyclic) bond motifs is 1. The molecule has 0 saturated heterocycles. The largest absolute Gasteiger partial charge is 0.497 e. The van der Waals surface area contributed by atoms with E-state index in [0.717, 1.165) is 5.56 Å². The van der Waals surface area contributed by atoms with Crippen molar-refractivity contribution >= 4 is 9.84 Å². The number of hydrogen-bond acceptors (Lipinski definition) is 4. The van der Waals surface area contributed by atoms with Gasteiger partial charge in [-0.3, -0.25) is 0 Å². The van der Waals surface area contributed by atoms with E-state index in [1.807, 2.05) is 6.07 Å². The maximum absolute atomic E-state index is 12.1. The molecule has 0 spiro atoms. The molecule has 0 bridgehead atoms. The van der Waals surface area contributed by atoms with Crippen molar-refractivity contribution in [1.82, 2.24) is 5.32 Å². The second-order valence-electron chi connectivity index (χ2n) is 3.90. The third kappa shape index (κ3) is 1.70. The highest BCUT2D eigenvalue weighted by Gasteiger charge is 2.36. The Morgan fingerprint density at radius 3 is 2.88 bits per heavy atom. The molecule has 0 fully saturated rings. The van der Waals surface area contributed by atoms with Crippen molar-refractivity contribution < 1.29 is 13.2 Å². The van der Waals surface area contributed by atoms with Crippen LogP contribution in [0.25, 0.3) is 0 Å². The minimum absolute atomic E-state index is 0.348. The van der Waals surface area contributed by atoms with Crippen molar-refractivity contribution in [2.75, 3.05) is 20.7 Å². The van der Waals surface area contributed by atoms with E-state index in [9.17, 15) is 8.42 Å². The lowest BCUT2D eigenvalue weighted by Crippen LogP contribution is -2.29. The number of sulfone groups is 1. The Morgan fingerprint density at radius 1 is 1.50 bits per heavy atom. The zero-order valence-corrected chi connectivity index (χ0v) is 10.2. The number of hydrogen-bond donors (Lipinski definition) is 1. The lowest BCUT2D eigenvalue weighted by Gasteiger charge is -2.07. The van der Waals surface area contributed by atoms with Crippen molar-refractivity contribution in [1.29, 1.82) is 0 Å². The summed E-state index contributed by atoms with van der Waals surface area (Å²) in [5.74, 6) is 0.707. The van der Waals surface area contributed by atoms with Gasteiger partial charge in [0, 0.05) is 6.54 Å². The van der Waals surface area contributed by atoms with Crippen LogP contribution >= 0.6 is 0 Å². The topological polar surface area (TPSA) is 55.4 Å². The van der Waals surface area contributed by atoms with Crippen molar-refractivity contribution in [2.24, 2.45) is 0 Å². The van der Waals surface area contributed by atoms with Crippen LogP contribution in [0.3, 0.4) is 0 Å². The lowest BCUT2D eigenvalue weighted by atomic mass is 10.1. The van der Waals surface area contributed by atoms with Gasteiger partial charge in [0.15, 0.2) is 9.84 Å². The zero-order chi connectivity index (χ0) is 11.8. The van der Waals surface area contributed by atoms with Crippen molar-refractivity contribution in [3.05, 3.63) is 23.8 Å². The van der Waals surface area contributed by atoms with Gasteiger partial charge in [0.2, 0.25) is 0 Å². The van der Waals surface area contributed by atoms with Gasteiger partial charge in [-0.2, -0.15) is 0 Å². The molecular weight excluding hydrogens is 226 g/mol. The van der Waals surface area contributed by atoms with Crippen LogP contribution in [0.2, 0.25) is 0 Å². The first-order valence-corrected chi connectivity index (χ1v) is 6.69. The molecule has 1 aliphatic rings. The molecule has 1 heterocycles. The fourth-order valence-electron chi connectivity index (χ4n) is 2.06. The van der Waals surface area contributed by atoms with Crippen LogP contribution in [-0.2, 0) is 16.3 Å². The van der Waals surface area contributed by atoms with Crippen LogP contribution in [-0.4, -0.2) is 34.4 Å². The summed E-state index contributed by atoms with van der Waals surface area (Å²) < 4.78 is 29.3. The van der Waals surface area contributed by atoms with Crippen LogP contribution in [0.4, 0.5) is 0 Å². The summed E-state index contributed by atoms with van der Waals surface area (Å²) in [6.07, 6.45) is 0.565. The van der Waals surface area contributed by atoms with Gasteiger partial charge in [-0.15, -0.1) is 0 Å². The fraction of sp³-hybridized carbons (Fsp3) is 0.455. The number of benzene rings is 1. The Bertz CT molecular complexity index is 496. The van der Waals surface area contributed by atoms with Gasteiger partial charge in [0.25, 0.3) is 0 Å². The molecule has 0 radical (unpaired) electrons. The van der Waals surface area contributed by atoms with Gasteiger partial charge in [-0.05, 0) is 37.2 Å². The van der Waals surface area contributed by atoms with Gasteiger partial charge in [0.1, 0.15) is 5.75 Å². The molecule has 1 unspecified atom stereocenters. The molecule has 88 valence electrons. The first-order valence-electron chi connectivity index (χ1n) is 5.15. The molecule has 4 nitrogen and oxygen atoms in total. The van der Waals surface area contributed by atoms with E-state index in [-0.39, 0.29) is 5.25 Å². The third-order valence-corrected chi connectivity index (χ3v) is 5.11. The molecule has 1 atom stereocenters. The van der Waals surface area contributed by atoms with Gasteiger partial charge in [0.05, 0.1) is 17.3 Å². The fourth-order valence-corrected chi connectivity index (χ4v) is 3.97. The summed E-state index contributed by atoms with van der Waals surface area (Å²) in [6.45, 7) is 0.485. The Balaban J connectivity index is 2.44. The maximum Gasteiger partial charge on any atom is 0.183 e. The van der Waals surface area contributed by atoms with E-state index in [4.69, 9.17) is 4.74 Å². The highest BCUT2D eigenvalue weighted by Crippen LogP contribution is 2.33.